The average molecular weight is 237 g/mol. The van der Waals surface area contributed by atoms with Crippen molar-refractivity contribution in [2.45, 2.75) is 29.5 Å². The number of aromatic nitrogens is 1. The summed E-state index contributed by atoms with van der Waals surface area (Å²) in [5, 5.41) is 4.15. The normalized spacial score (nSPS) is 21.2. The number of amides is 1. The van der Waals surface area contributed by atoms with E-state index >= 15 is 0 Å². The van der Waals surface area contributed by atoms with Crippen LogP contribution in [-0.2, 0) is 4.79 Å². The van der Waals surface area contributed by atoms with E-state index in [9.17, 15) is 4.79 Å². The lowest BCUT2D eigenvalue weighted by Gasteiger charge is -2.11. The minimum Gasteiger partial charge on any atom is -0.397 e. The molecule has 3 N–H and O–H groups in total. The molecule has 0 aromatic carbocycles. The minimum atomic E-state index is 0.144. The van der Waals surface area contributed by atoms with Gasteiger partial charge in [0.25, 0.3) is 0 Å². The van der Waals surface area contributed by atoms with Crippen molar-refractivity contribution in [3.05, 3.63) is 18.3 Å². The smallest absolute Gasteiger partial charge is 0.221 e. The van der Waals surface area contributed by atoms with Crippen LogP contribution >= 0.6 is 11.8 Å². The number of rotatable bonds is 2. The van der Waals surface area contributed by atoms with Gasteiger partial charge in [-0.3, -0.25) is 4.79 Å². The number of nitrogens with zero attached hydrogens (tertiary/aromatic N) is 1. The van der Waals surface area contributed by atoms with Crippen molar-refractivity contribution in [1.29, 1.82) is 0 Å². The first-order valence-electron chi connectivity index (χ1n) is 5.39. The van der Waals surface area contributed by atoms with Crippen LogP contribution < -0.4 is 11.1 Å². The number of nitrogens with two attached hydrogens (primary N) is 1. The van der Waals surface area contributed by atoms with Crippen molar-refractivity contribution in [3.63, 3.8) is 0 Å². The minimum absolute atomic E-state index is 0.144. The van der Waals surface area contributed by atoms with Crippen molar-refractivity contribution in [2.24, 2.45) is 0 Å². The zero-order valence-electron chi connectivity index (χ0n) is 8.98. The predicted octanol–water partition coefficient (Wildman–Crippen LogP) is 1.42. The Hall–Kier alpha value is -1.23. The third-order valence-corrected chi connectivity index (χ3v) is 3.70. The Morgan fingerprint density at radius 1 is 1.50 bits per heavy atom. The molecule has 1 aliphatic rings. The molecule has 2 rings (SSSR count). The van der Waals surface area contributed by atoms with Crippen LogP contribution in [0.1, 0.15) is 19.3 Å². The van der Waals surface area contributed by atoms with E-state index in [4.69, 9.17) is 5.73 Å². The maximum absolute atomic E-state index is 11.4. The number of hydrogen-bond donors (Lipinski definition) is 2. The summed E-state index contributed by atoms with van der Waals surface area (Å²) in [6.45, 7) is 0.797. The van der Waals surface area contributed by atoms with Gasteiger partial charge in [0, 0.05) is 18.2 Å². The third kappa shape index (κ3) is 3.13. The molecule has 1 fully saturated rings. The number of anilines is 1. The van der Waals surface area contributed by atoms with E-state index in [-0.39, 0.29) is 5.91 Å². The topological polar surface area (TPSA) is 68.0 Å². The maximum atomic E-state index is 11.4. The summed E-state index contributed by atoms with van der Waals surface area (Å²) in [4.78, 5) is 15.6. The lowest BCUT2D eigenvalue weighted by molar-refractivity contribution is -0.120. The quantitative estimate of drug-likeness (QED) is 0.816. The molecule has 1 aromatic rings. The molecule has 0 aliphatic carbocycles. The molecule has 1 aromatic heterocycles. The van der Waals surface area contributed by atoms with Gasteiger partial charge in [0.1, 0.15) is 0 Å². The molecule has 16 heavy (non-hydrogen) atoms. The largest absolute Gasteiger partial charge is 0.397 e. The highest BCUT2D eigenvalue weighted by atomic mass is 32.2. The van der Waals surface area contributed by atoms with E-state index in [0.29, 0.717) is 17.4 Å². The summed E-state index contributed by atoms with van der Waals surface area (Å²) in [7, 11) is 0. The third-order valence-electron chi connectivity index (χ3n) is 2.48. The van der Waals surface area contributed by atoms with Crippen molar-refractivity contribution in [1.82, 2.24) is 10.3 Å². The molecule has 0 radical (unpaired) electrons. The number of hydrogen-bond acceptors (Lipinski definition) is 4. The fourth-order valence-corrected chi connectivity index (χ4v) is 2.79. The van der Waals surface area contributed by atoms with Gasteiger partial charge in [-0.15, -0.1) is 11.8 Å². The molecular formula is C11H15N3OS. The molecule has 86 valence electrons. The molecule has 1 amide bonds. The highest BCUT2D eigenvalue weighted by Gasteiger charge is 2.18. The number of nitrogens with one attached hydrogen (secondary N) is 1. The Morgan fingerprint density at radius 3 is 3.12 bits per heavy atom. The Labute approximate surface area is 99.0 Å². The van der Waals surface area contributed by atoms with Crippen LogP contribution in [0.2, 0.25) is 0 Å². The Morgan fingerprint density at radius 2 is 2.38 bits per heavy atom. The van der Waals surface area contributed by atoms with Gasteiger partial charge in [0.2, 0.25) is 5.91 Å². The van der Waals surface area contributed by atoms with Gasteiger partial charge in [0.15, 0.2) is 0 Å². The zero-order valence-corrected chi connectivity index (χ0v) is 9.80. The molecule has 0 spiro atoms. The highest BCUT2D eigenvalue weighted by Crippen LogP contribution is 2.28. The van der Waals surface area contributed by atoms with Gasteiger partial charge in [-0.05, 0) is 25.0 Å². The van der Waals surface area contributed by atoms with E-state index in [1.807, 2.05) is 12.1 Å². The highest BCUT2D eigenvalue weighted by molar-refractivity contribution is 7.99. The molecule has 0 saturated carbocycles. The van der Waals surface area contributed by atoms with Gasteiger partial charge < -0.3 is 11.1 Å². The second-order valence-corrected chi connectivity index (χ2v) is 5.19. The van der Waals surface area contributed by atoms with Gasteiger partial charge in [0.05, 0.1) is 16.9 Å². The SMILES string of the molecule is Nc1ccc(SC2CCCNC(=O)C2)nc1. The van der Waals surface area contributed by atoms with Crippen LogP contribution in [0.15, 0.2) is 23.4 Å². The van der Waals surface area contributed by atoms with E-state index in [1.165, 1.54) is 0 Å². The first-order valence-corrected chi connectivity index (χ1v) is 6.27. The molecular weight excluding hydrogens is 222 g/mol. The number of carbonyl (C=O) groups excluding carboxylic acids is 1. The number of carbonyl (C=O) groups is 1. The Bertz CT molecular complexity index is 366. The van der Waals surface area contributed by atoms with Crippen LogP contribution in [0.3, 0.4) is 0 Å². The lowest BCUT2D eigenvalue weighted by atomic mass is 10.2. The van der Waals surface area contributed by atoms with Crippen LogP contribution in [0.4, 0.5) is 5.69 Å². The van der Waals surface area contributed by atoms with Crippen LogP contribution in [0.5, 0.6) is 0 Å². The van der Waals surface area contributed by atoms with Gasteiger partial charge in [-0.25, -0.2) is 4.98 Å². The predicted molar refractivity (Wildman–Crippen MR) is 65.2 cm³/mol. The summed E-state index contributed by atoms with van der Waals surface area (Å²) in [6.07, 6.45) is 4.32. The summed E-state index contributed by atoms with van der Waals surface area (Å²) in [5.41, 5.74) is 6.24. The molecule has 1 saturated heterocycles. The Balaban J connectivity index is 1.97. The molecule has 1 aliphatic heterocycles. The second-order valence-electron chi connectivity index (χ2n) is 3.87. The van der Waals surface area contributed by atoms with E-state index < -0.39 is 0 Å². The second kappa shape index (κ2) is 5.21. The van der Waals surface area contributed by atoms with Crippen molar-refractivity contribution in [3.8, 4) is 0 Å². The van der Waals surface area contributed by atoms with Crippen molar-refractivity contribution < 1.29 is 4.79 Å². The van der Waals surface area contributed by atoms with Crippen LogP contribution in [0.25, 0.3) is 0 Å². The monoisotopic (exact) mass is 237 g/mol. The summed E-state index contributed by atoms with van der Waals surface area (Å²) in [6, 6.07) is 3.74. The molecule has 1 atom stereocenters. The van der Waals surface area contributed by atoms with Gasteiger partial charge in [-0.1, -0.05) is 0 Å². The molecule has 4 nitrogen and oxygen atoms in total. The van der Waals surface area contributed by atoms with Crippen molar-refractivity contribution >= 4 is 23.4 Å². The molecule has 5 heteroatoms. The lowest BCUT2D eigenvalue weighted by Crippen LogP contribution is -2.22. The standard InChI is InChI=1S/C11H15N3OS/c12-8-3-4-11(14-7-8)16-9-2-1-5-13-10(15)6-9/h3-4,7,9H,1-2,5-6,12H2,(H,13,15). The first kappa shape index (κ1) is 11.3. The van der Waals surface area contributed by atoms with Crippen molar-refractivity contribution in [2.75, 3.05) is 12.3 Å². The zero-order chi connectivity index (χ0) is 11.4. The molecule has 1 unspecified atom stereocenters. The van der Waals surface area contributed by atoms with Crippen LogP contribution in [-0.4, -0.2) is 22.7 Å². The average Bonchev–Trinajstić information content (AvgIpc) is 2.46. The van der Waals surface area contributed by atoms with Gasteiger partial charge >= 0.3 is 0 Å². The summed E-state index contributed by atoms with van der Waals surface area (Å²) in [5.74, 6) is 0.144. The Kier molecular flexibility index (Phi) is 3.66. The fourth-order valence-electron chi connectivity index (χ4n) is 1.67. The van der Waals surface area contributed by atoms with Gasteiger partial charge in [-0.2, -0.15) is 0 Å². The number of pyridine rings is 1. The van der Waals surface area contributed by atoms with E-state index in [1.54, 1.807) is 18.0 Å². The number of thioether (sulfide) groups is 1. The maximum Gasteiger partial charge on any atom is 0.221 e. The van der Waals surface area contributed by atoms with Crippen LogP contribution in [0, 0.1) is 0 Å². The molecule has 0 bridgehead atoms. The summed E-state index contributed by atoms with van der Waals surface area (Å²) >= 11 is 1.66. The van der Waals surface area contributed by atoms with E-state index in [0.717, 1.165) is 24.4 Å². The first-order chi connectivity index (χ1) is 7.74. The summed E-state index contributed by atoms with van der Waals surface area (Å²) < 4.78 is 0. The number of nitrogen functional groups attached to an aromatic ring is 1. The fraction of sp³-hybridized carbons (Fsp3) is 0.455. The van der Waals surface area contributed by atoms with E-state index in [2.05, 4.69) is 10.3 Å². The molecule has 2 heterocycles.